The molecule has 0 atom stereocenters. The van der Waals surface area contributed by atoms with Crippen LogP contribution in [0, 0.1) is 0 Å². The van der Waals surface area contributed by atoms with Gasteiger partial charge >= 0.3 is 0 Å². The first-order valence-corrected chi connectivity index (χ1v) is 13.0. The molecule has 1 aliphatic rings. The monoisotopic (exact) mass is 488 g/mol. The van der Waals surface area contributed by atoms with Crippen LogP contribution in [0.3, 0.4) is 0 Å². The molecule has 1 aromatic heterocycles. The minimum atomic E-state index is -4.50. The molecule has 3 rings (SSSR count). The van der Waals surface area contributed by atoms with Crippen molar-refractivity contribution in [3.8, 4) is 11.4 Å². The van der Waals surface area contributed by atoms with Gasteiger partial charge in [0.1, 0.15) is 9.79 Å². The highest BCUT2D eigenvalue weighted by molar-refractivity contribution is 7.92. The molecule has 0 aliphatic carbocycles. The van der Waals surface area contributed by atoms with Crippen LogP contribution in [0.2, 0.25) is 0 Å². The van der Waals surface area contributed by atoms with Gasteiger partial charge in [-0.25, -0.2) is 31.8 Å². The smallest absolute Gasteiger partial charge is 0.241 e. The van der Waals surface area contributed by atoms with Crippen LogP contribution in [0.15, 0.2) is 21.9 Å². The fraction of sp³-hybridized carbons (Fsp3) is 0.562. The summed E-state index contributed by atoms with van der Waals surface area (Å²) in [5, 5.41) is 18.9. The highest BCUT2D eigenvalue weighted by Gasteiger charge is 2.33. The molecule has 1 saturated heterocycles. The Morgan fingerprint density at radius 3 is 2.34 bits per heavy atom. The number of nitrogens with zero attached hydrogens (tertiary/aromatic N) is 5. The van der Waals surface area contributed by atoms with Gasteiger partial charge in [0.25, 0.3) is 0 Å². The Morgan fingerprint density at radius 1 is 1.06 bits per heavy atom. The summed E-state index contributed by atoms with van der Waals surface area (Å²) < 4.78 is 53.5. The molecule has 8 N–H and O–H groups in total. The average molecular weight is 489 g/mol. The number of anilines is 1. The van der Waals surface area contributed by atoms with E-state index >= 15 is 0 Å². The van der Waals surface area contributed by atoms with Gasteiger partial charge in [0.05, 0.1) is 5.56 Å². The van der Waals surface area contributed by atoms with Crippen LogP contribution in [0.1, 0.15) is 6.42 Å². The normalized spacial score (nSPS) is 15.9. The number of benzene rings is 1. The lowest BCUT2D eigenvalue weighted by Crippen LogP contribution is -2.48. The van der Waals surface area contributed by atoms with Crippen LogP contribution in [-0.2, 0) is 20.0 Å². The summed E-state index contributed by atoms with van der Waals surface area (Å²) in [5.74, 6) is -0.00702. The van der Waals surface area contributed by atoms with Crippen molar-refractivity contribution < 1.29 is 16.8 Å². The van der Waals surface area contributed by atoms with E-state index in [1.165, 1.54) is 6.07 Å². The predicted molar refractivity (Wildman–Crippen MR) is 118 cm³/mol. The van der Waals surface area contributed by atoms with Crippen LogP contribution >= 0.6 is 0 Å². The number of primary sulfonamides is 1. The minimum absolute atomic E-state index is 0.00600. The van der Waals surface area contributed by atoms with E-state index in [4.69, 9.17) is 16.6 Å². The largest absolute Gasteiger partial charge is 0.368 e. The number of aromatic nitrogens is 4. The molecule has 32 heavy (non-hydrogen) atoms. The van der Waals surface area contributed by atoms with Gasteiger partial charge in [-0.2, -0.15) is 0 Å². The van der Waals surface area contributed by atoms with Gasteiger partial charge in [0.15, 0.2) is 5.82 Å². The second kappa shape index (κ2) is 10.2. The summed E-state index contributed by atoms with van der Waals surface area (Å²) in [6.07, 6.45) is 0.383. The van der Waals surface area contributed by atoms with Crippen molar-refractivity contribution in [3.63, 3.8) is 0 Å². The van der Waals surface area contributed by atoms with E-state index in [0.29, 0.717) is 44.8 Å². The van der Waals surface area contributed by atoms with Gasteiger partial charge in [0, 0.05) is 51.5 Å². The lowest BCUT2D eigenvalue weighted by atomic mass is 10.1. The predicted octanol–water partition coefficient (Wildman–Crippen LogP) is -2.78. The van der Waals surface area contributed by atoms with Crippen molar-refractivity contribution in [1.82, 2.24) is 30.2 Å². The Hall–Kier alpha value is -2.21. The Kier molecular flexibility index (Phi) is 7.75. The second-order valence-corrected chi connectivity index (χ2v) is 10.5. The van der Waals surface area contributed by atoms with Gasteiger partial charge in [-0.1, -0.05) is 0 Å². The maximum absolute atomic E-state index is 12.9. The molecule has 0 radical (unpaired) electrons. The highest BCUT2D eigenvalue weighted by atomic mass is 32.2. The van der Waals surface area contributed by atoms with Crippen LogP contribution in [0.4, 0.5) is 5.69 Å². The molecule has 0 saturated carbocycles. The third-order valence-electron chi connectivity index (χ3n) is 5.09. The zero-order valence-corrected chi connectivity index (χ0v) is 19.1. The molecule has 14 nitrogen and oxygen atoms in total. The quantitative estimate of drug-likeness (QED) is 0.215. The molecule has 1 aliphatic heterocycles. The molecular weight excluding hydrogens is 460 g/mol. The van der Waals surface area contributed by atoms with Gasteiger partial charge < -0.3 is 16.4 Å². The summed E-state index contributed by atoms with van der Waals surface area (Å²) in [6.45, 7) is 4.16. The molecule has 1 fully saturated rings. The summed E-state index contributed by atoms with van der Waals surface area (Å²) in [5.41, 5.74) is 11.5. The van der Waals surface area contributed by atoms with Gasteiger partial charge in [-0.05, 0) is 35.5 Å². The molecule has 0 spiro atoms. The van der Waals surface area contributed by atoms with E-state index < -0.39 is 29.8 Å². The van der Waals surface area contributed by atoms with Crippen LogP contribution < -0.4 is 26.2 Å². The van der Waals surface area contributed by atoms with Crippen molar-refractivity contribution >= 4 is 25.7 Å². The maximum atomic E-state index is 12.9. The van der Waals surface area contributed by atoms with E-state index in [0.717, 1.165) is 6.54 Å². The average Bonchev–Trinajstić information content (AvgIpc) is 3.27. The number of H-pyrrole nitrogens is 1. The molecule has 0 amide bonds. The van der Waals surface area contributed by atoms with E-state index in [1.807, 2.05) is 4.90 Å². The fourth-order valence-corrected chi connectivity index (χ4v) is 6.26. The second-order valence-electron chi connectivity index (χ2n) is 7.24. The molecule has 0 bridgehead atoms. The summed E-state index contributed by atoms with van der Waals surface area (Å²) in [6, 6.07) is 2.78. The Bertz CT molecular complexity index is 1110. The van der Waals surface area contributed by atoms with Crippen molar-refractivity contribution in [2.24, 2.45) is 16.6 Å². The van der Waals surface area contributed by atoms with Gasteiger partial charge in [-0.3, -0.25) is 4.90 Å². The molecule has 16 heteroatoms. The SMILES string of the molecule is NCCCNS(=O)(=O)c1ccc(N2CCN(CCN)CC2)c(-c2nnn[nH]2)c1S(N)(=O)=O. The number of aromatic amines is 1. The van der Waals surface area contributed by atoms with Gasteiger partial charge in [-0.15, -0.1) is 5.10 Å². The first kappa shape index (κ1) is 24.4. The molecule has 178 valence electrons. The standard InChI is InChI=1S/C16H28N10O4S2/c17-4-1-6-20-32(29,30)13-3-2-12(26-10-8-25(7-5-18)9-11-26)14(15(13)31(19,27)28)16-21-23-24-22-16/h2-3,20H,1,4-11,17-18H2,(H2,19,27,28)(H,21,22,23,24). The van der Waals surface area contributed by atoms with Crippen molar-refractivity contribution in [2.75, 3.05) is 57.3 Å². The van der Waals surface area contributed by atoms with Crippen molar-refractivity contribution in [1.29, 1.82) is 0 Å². The highest BCUT2D eigenvalue weighted by Crippen LogP contribution is 2.38. The maximum Gasteiger partial charge on any atom is 0.241 e. The van der Waals surface area contributed by atoms with Crippen molar-refractivity contribution in [2.45, 2.75) is 16.2 Å². The number of piperazine rings is 1. The Morgan fingerprint density at radius 2 is 1.78 bits per heavy atom. The topological polar surface area (TPSA) is 219 Å². The number of sulfonamides is 2. The van der Waals surface area contributed by atoms with E-state index in [1.54, 1.807) is 6.07 Å². The van der Waals surface area contributed by atoms with Crippen LogP contribution in [-0.4, -0.2) is 94.7 Å². The molecule has 2 heterocycles. The minimum Gasteiger partial charge on any atom is -0.368 e. The third kappa shape index (κ3) is 5.40. The number of hydrogen-bond acceptors (Lipinski definition) is 11. The number of tetrazole rings is 1. The van der Waals surface area contributed by atoms with E-state index in [9.17, 15) is 16.8 Å². The molecule has 0 unspecified atom stereocenters. The van der Waals surface area contributed by atoms with E-state index in [2.05, 4.69) is 30.2 Å². The van der Waals surface area contributed by atoms with Crippen molar-refractivity contribution in [3.05, 3.63) is 12.1 Å². The van der Waals surface area contributed by atoms with Crippen LogP contribution in [0.5, 0.6) is 0 Å². The molecule has 1 aromatic carbocycles. The Balaban J connectivity index is 2.14. The number of nitrogens with two attached hydrogens (primary N) is 3. The third-order valence-corrected chi connectivity index (χ3v) is 7.71. The summed E-state index contributed by atoms with van der Waals surface area (Å²) in [4.78, 5) is 3.08. The zero-order chi connectivity index (χ0) is 23.4. The number of hydrogen-bond donors (Lipinski definition) is 5. The molecular formula is C16H28N10O4S2. The summed E-state index contributed by atoms with van der Waals surface area (Å²) >= 11 is 0. The lowest BCUT2D eigenvalue weighted by molar-refractivity contribution is 0.265. The zero-order valence-electron chi connectivity index (χ0n) is 17.4. The fourth-order valence-electron chi connectivity index (χ4n) is 3.59. The number of rotatable bonds is 10. The van der Waals surface area contributed by atoms with Gasteiger partial charge in [0.2, 0.25) is 20.0 Å². The van der Waals surface area contributed by atoms with Crippen LogP contribution in [0.25, 0.3) is 11.4 Å². The molecule has 2 aromatic rings. The Labute approximate surface area is 186 Å². The summed E-state index contributed by atoms with van der Waals surface area (Å²) in [7, 11) is -8.71. The first-order chi connectivity index (χ1) is 15.2. The first-order valence-electron chi connectivity index (χ1n) is 10.00. The number of nitrogens with one attached hydrogen (secondary N) is 2. The lowest BCUT2D eigenvalue weighted by Gasteiger charge is -2.37. The van der Waals surface area contributed by atoms with E-state index in [-0.39, 0.29) is 24.5 Å².